The van der Waals surface area contributed by atoms with Crippen LogP contribution in [-0.2, 0) is 4.79 Å². The molecule has 1 N–H and O–H groups in total. The number of piperazine rings is 1. The van der Waals surface area contributed by atoms with Gasteiger partial charge in [-0.25, -0.2) is 0 Å². The molecule has 1 unspecified atom stereocenters. The summed E-state index contributed by atoms with van der Waals surface area (Å²) in [6, 6.07) is 4.12. The first-order valence-electron chi connectivity index (χ1n) is 9.01. The molecule has 2 aliphatic rings. The zero-order valence-electron chi connectivity index (χ0n) is 14.7. The highest BCUT2D eigenvalue weighted by molar-refractivity contribution is 5.92. The van der Waals surface area contributed by atoms with Gasteiger partial charge in [-0.15, -0.1) is 0 Å². The van der Waals surface area contributed by atoms with Crippen LogP contribution in [-0.4, -0.2) is 76.8 Å². The summed E-state index contributed by atoms with van der Waals surface area (Å²) in [4.78, 5) is 34.3. The lowest BCUT2D eigenvalue weighted by atomic mass is 9.95. The monoisotopic (exact) mass is 332 g/mol. The van der Waals surface area contributed by atoms with E-state index in [9.17, 15) is 9.59 Å². The fourth-order valence-corrected chi connectivity index (χ4v) is 3.70. The third-order valence-electron chi connectivity index (χ3n) is 5.24. The van der Waals surface area contributed by atoms with E-state index in [2.05, 4.69) is 23.7 Å². The van der Waals surface area contributed by atoms with E-state index in [4.69, 9.17) is 0 Å². The Morgan fingerprint density at radius 1 is 1.12 bits per heavy atom. The highest BCUT2D eigenvalue weighted by atomic mass is 16.2. The van der Waals surface area contributed by atoms with Crippen molar-refractivity contribution in [1.29, 1.82) is 0 Å². The predicted molar refractivity (Wildman–Crippen MR) is 92.7 cm³/mol. The number of nitrogens with zero attached hydrogens (tertiary/aromatic N) is 3. The maximum absolute atomic E-state index is 12.8. The van der Waals surface area contributed by atoms with E-state index >= 15 is 0 Å². The quantitative estimate of drug-likeness (QED) is 0.911. The molecule has 0 spiro atoms. The fraction of sp³-hybridized carbons (Fsp3) is 0.667. The van der Waals surface area contributed by atoms with E-state index in [1.807, 2.05) is 15.9 Å². The summed E-state index contributed by atoms with van der Waals surface area (Å²) >= 11 is 0. The van der Waals surface area contributed by atoms with Crippen molar-refractivity contribution < 1.29 is 9.59 Å². The van der Waals surface area contributed by atoms with Gasteiger partial charge in [0.25, 0.3) is 5.91 Å². The molecule has 0 bridgehead atoms. The van der Waals surface area contributed by atoms with Crippen molar-refractivity contribution in [1.82, 2.24) is 19.7 Å². The number of H-pyrrole nitrogens is 1. The fourth-order valence-electron chi connectivity index (χ4n) is 3.70. The number of carbonyl (C=O) groups is 2. The first-order valence-corrected chi connectivity index (χ1v) is 9.01. The largest absolute Gasteiger partial charge is 0.357 e. The normalized spacial score (nSPS) is 22.9. The Hall–Kier alpha value is -1.82. The van der Waals surface area contributed by atoms with Crippen LogP contribution in [0.1, 0.15) is 37.2 Å². The average Bonchev–Trinajstić information content (AvgIpc) is 3.15. The lowest BCUT2D eigenvalue weighted by molar-refractivity contribution is -0.139. The van der Waals surface area contributed by atoms with Crippen molar-refractivity contribution in [2.24, 2.45) is 5.92 Å². The number of aromatic nitrogens is 1. The van der Waals surface area contributed by atoms with Gasteiger partial charge in [-0.3, -0.25) is 9.59 Å². The summed E-state index contributed by atoms with van der Waals surface area (Å²) in [6.45, 7) is 8.87. The molecule has 1 aromatic rings. The minimum absolute atomic E-state index is 0.0238. The first-order chi connectivity index (χ1) is 11.6. The van der Waals surface area contributed by atoms with E-state index in [1.54, 1.807) is 12.3 Å². The van der Waals surface area contributed by atoms with Crippen LogP contribution < -0.4 is 0 Å². The van der Waals surface area contributed by atoms with Gasteiger partial charge >= 0.3 is 0 Å². The standard InChI is InChI=1S/C18H28N4O2/c1-14(2)22-8-4-5-15(13-22)17(23)20-9-11-21(12-10-20)18(24)16-6-3-7-19-16/h3,6-7,14-15,19H,4-5,8-13H2,1-2H3. The SMILES string of the molecule is CC(C)N1CCCC(C(=O)N2CCN(C(=O)c3ccc[nH]3)CC2)C1. The Labute approximate surface area is 143 Å². The van der Waals surface area contributed by atoms with E-state index in [-0.39, 0.29) is 17.7 Å². The summed E-state index contributed by atoms with van der Waals surface area (Å²) in [5.74, 6) is 0.412. The average molecular weight is 332 g/mol. The summed E-state index contributed by atoms with van der Waals surface area (Å²) in [7, 11) is 0. The van der Waals surface area contributed by atoms with Crippen molar-refractivity contribution in [3.8, 4) is 0 Å². The van der Waals surface area contributed by atoms with Crippen LogP contribution >= 0.6 is 0 Å². The van der Waals surface area contributed by atoms with Crippen LogP contribution in [0.15, 0.2) is 18.3 Å². The van der Waals surface area contributed by atoms with Gasteiger partial charge in [0.1, 0.15) is 5.69 Å². The number of piperidine rings is 1. The second-order valence-corrected chi connectivity index (χ2v) is 7.13. The smallest absolute Gasteiger partial charge is 0.270 e. The van der Waals surface area contributed by atoms with Crippen LogP contribution in [0.5, 0.6) is 0 Å². The second-order valence-electron chi connectivity index (χ2n) is 7.13. The number of hydrogen-bond acceptors (Lipinski definition) is 3. The van der Waals surface area contributed by atoms with Gasteiger partial charge in [0.15, 0.2) is 0 Å². The molecule has 1 atom stereocenters. The number of nitrogens with one attached hydrogen (secondary N) is 1. The Balaban J connectivity index is 1.52. The van der Waals surface area contributed by atoms with Crippen LogP contribution in [0.4, 0.5) is 0 Å². The summed E-state index contributed by atoms with van der Waals surface area (Å²) in [6.07, 6.45) is 3.85. The van der Waals surface area contributed by atoms with Gasteiger partial charge in [-0.05, 0) is 45.4 Å². The summed E-state index contributed by atoms with van der Waals surface area (Å²) in [5.41, 5.74) is 0.620. The molecule has 6 nitrogen and oxygen atoms in total. The third kappa shape index (κ3) is 3.64. The number of hydrogen-bond donors (Lipinski definition) is 1. The molecule has 0 aromatic carbocycles. The van der Waals surface area contributed by atoms with Gasteiger partial charge in [0.05, 0.1) is 5.92 Å². The van der Waals surface area contributed by atoms with Crippen molar-refractivity contribution in [2.75, 3.05) is 39.3 Å². The second kappa shape index (κ2) is 7.38. The van der Waals surface area contributed by atoms with Crippen LogP contribution in [0.3, 0.4) is 0 Å². The summed E-state index contributed by atoms with van der Waals surface area (Å²) in [5, 5.41) is 0. The third-order valence-corrected chi connectivity index (χ3v) is 5.24. The number of likely N-dealkylation sites (tertiary alicyclic amines) is 1. The maximum Gasteiger partial charge on any atom is 0.270 e. The Kier molecular flexibility index (Phi) is 5.23. The number of rotatable bonds is 3. The maximum atomic E-state index is 12.8. The Morgan fingerprint density at radius 2 is 1.83 bits per heavy atom. The molecule has 6 heteroatoms. The van der Waals surface area contributed by atoms with Crippen LogP contribution in [0.2, 0.25) is 0 Å². The molecule has 0 saturated carbocycles. The predicted octanol–water partition coefficient (Wildman–Crippen LogP) is 1.42. The molecule has 2 aliphatic heterocycles. The van der Waals surface area contributed by atoms with E-state index in [1.165, 1.54) is 0 Å². The van der Waals surface area contributed by atoms with Crippen molar-refractivity contribution in [2.45, 2.75) is 32.7 Å². The van der Waals surface area contributed by atoms with Crippen molar-refractivity contribution in [3.05, 3.63) is 24.0 Å². The van der Waals surface area contributed by atoms with E-state index in [0.29, 0.717) is 37.9 Å². The molecular formula is C18H28N4O2. The lowest BCUT2D eigenvalue weighted by Crippen LogP contribution is -2.54. The highest BCUT2D eigenvalue weighted by Crippen LogP contribution is 2.21. The van der Waals surface area contributed by atoms with E-state index < -0.39 is 0 Å². The molecule has 3 heterocycles. The topological polar surface area (TPSA) is 59.7 Å². The van der Waals surface area contributed by atoms with Crippen LogP contribution in [0.25, 0.3) is 0 Å². The van der Waals surface area contributed by atoms with Gasteiger partial charge < -0.3 is 19.7 Å². The number of carbonyl (C=O) groups excluding carboxylic acids is 2. The molecule has 0 aliphatic carbocycles. The minimum Gasteiger partial charge on any atom is -0.357 e. The molecule has 2 fully saturated rings. The Bertz CT molecular complexity index is 562. The lowest BCUT2D eigenvalue weighted by Gasteiger charge is -2.40. The molecule has 2 amide bonds. The minimum atomic E-state index is 0.0238. The number of amides is 2. The summed E-state index contributed by atoms with van der Waals surface area (Å²) < 4.78 is 0. The molecule has 2 saturated heterocycles. The molecule has 1 aromatic heterocycles. The molecule has 132 valence electrons. The van der Waals surface area contributed by atoms with Gasteiger partial charge in [0.2, 0.25) is 5.91 Å². The zero-order valence-corrected chi connectivity index (χ0v) is 14.7. The van der Waals surface area contributed by atoms with Gasteiger partial charge in [-0.2, -0.15) is 0 Å². The molecule has 24 heavy (non-hydrogen) atoms. The molecule has 0 radical (unpaired) electrons. The molecule has 3 rings (SSSR count). The van der Waals surface area contributed by atoms with Gasteiger partial charge in [0, 0.05) is 45.0 Å². The first kappa shape index (κ1) is 17.0. The van der Waals surface area contributed by atoms with E-state index in [0.717, 1.165) is 25.9 Å². The molecular weight excluding hydrogens is 304 g/mol. The highest BCUT2D eigenvalue weighted by Gasteiger charge is 2.32. The zero-order chi connectivity index (χ0) is 17.1. The van der Waals surface area contributed by atoms with Crippen molar-refractivity contribution >= 4 is 11.8 Å². The van der Waals surface area contributed by atoms with Crippen LogP contribution in [0, 0.1) is 5.92 Å². The van der Waals surface area contributed by atoms with Crippen molar-refractivity contribution in [3.63, 3.8) is 0 Å². The number of aromatic amines is 1. The van der Waals surface area contributed by atoms with Gasteiger partial charge in [-0.1, -0.05) is 0 Å². The Morgan fingerprint density at radius 3 is 2.46 bits per heavy atom.